The van der Waals surface area contributed by atoms with E-state index in [0.717, 1.165) is 70.3 Å². The summed E-state index contributed by atoms with van der Waals surface area (Å²) >= 11 is 0. The fourth-order valence-corrected chi connectivity index (χ4v) is 2.30. The minimum absolute atomic E-state index is 0.737. The lowest BCUT2D eigenvalue weighted by atomic mass is 10.3. The zero-order chi connectivity index (χ0) is 14.0. The van der Waals surface area contributed by atoms with Crippen molar-refractivity contribution < 1.29 is 4.74 Å². The van der Waals surface area contributed by atoms with Gasteiger partial charge in [-0.05, 0) is 31.5 Å². The van der Waals surface area contributed by atoms with Gasteiger partial charge < -0.3 is 20.3 Å². The summed E-state index contributed by atoms with van der Waals surface area (Å²) in [6.45, 7) is 9.47. The number of hydrogen-bond donors (Lipinski definition) is 2. The van der Waals surface area contributed by atoms with E-state index >= 15 is 0 Å². The number of rotatable bonds is 8. The Morgan fingerprint density at radius 2 is 2.25 bits per heavy atom. The van der Waals surface area contributed by atoms with Crippen molar-refractivity contribution in [2.75, 3.05) is 51.2 Å². The molecule has 0 amide bonds. The molecule has 20 heavy (non-hydrogen) atoms. The van der Waals surface area contributed by atoms with Crippen molar-refractivity contribution in [3.8, 4) is 5.75 Å². The van der Waals surface area contributed by atoms with E-state index in [0.29, 0.717) is 0 Å². The quantitative estimate of drug-likeness (QED) is 0.707. The highest BCUT2D eigenvalue weighted by Crippen LogP contribution is 2.20. The molecule has 1 saturated heterocycles. The molecule has 2 heterocycles. The summed E-state index contributed by atoms with van der Waals surface area (Å²) in [5, 5.41) is 6.76. The van der Waals surface area contributed by atoms with Gasteiger partial charge in [-0.25, -0.2) is 4.98 Å². The second kappa shape index (κ2) is 8.76. The van der Waals surface area contributed by atoms with Crippen LogP contribution in [-0.4, -0.2) is 55.8 Å². The fraction of sp³-hybridized carbons (Fsp3) is 0.667. The minimum Gasteiger partial charge on any atom is -0.490 e. The van der Waals surface area contributed by atoms with Gasteiger partial charge in [-0.1, -0.05) is 6.92 Å². The average molecular weight is 278 g/mol. The van der Waals surface area contributed by atoms with Crippen LogP contribution in [-0.2, 0) is 0 Å². The molecule has 112 valence electrons. The van der Waals surface area contributed by atoms with Crippen LogP contribution in [0, 0.1) is 0 Å². The third-order valence-corrected chi connectivity index (χ3v) is 3.39. The Morgan fingerprint density at radius 3 is 3.05 bits per heavy atom. The topological polar surface area (TPSA) is 49.4 Å². The number of aromatic nitrogens is 1. The highest BCUT2D eigenvalue weighted by Gasteiger charge is 2.09. The van der Waals surface area contributed by atoms with Gasteiger partial charge in [0.05, 0.1) is 6.61 Å². The Bertz CT molecular complexity index is 380. The van der Waals surface area contributed by atoms with Gasteiger partial charge in [0.15, 0.2) is 11.6 Å². The summed E-state index contributed by atoms with van der Waals surface area (Å²) in [6, 6.07) is 3.89. The van der Waals surface area contributed by atoms with Crippen molar-refractivity contribution >= 4 is 5.82 Å². The van der Waals surface area contributed by atoms with Gasteiger partial charge in [-0.3, -0.25) is 0 Å². The van der Waals surface area contributed by atoms with E-state index < -0.39 is 0 Å². The number of piperazine rings is 1. The summed E-state index contributed by atoms with van der Waals surface area (Å²) in [7, 11) is 0. The van der Waals surface area contributed by atoms with Gasteiger partial charge in [0, 0.05) is 38.9 Å². The summed E-state index contributed by atoms with van der Waals surface area (Å²) in [4.78, 5) is 6.86. The molecule has 1 aromatic heterocycles. The largest absolute Gasteiger partial charge is 0.490 e. The summed E-state index contributed by atoms with van der Waals surface area (Å²) in [5.74, 6) is 1.72. The normalized spacial score (nSPS) is 16.1. The summed E-state index contributed by atoms with van der Waals surface area (Å²) in [5.41, 5.74) is 0. The van der Waals surface area contributed by atoms with Crippen LogP contribution in [0.2, 0.25) is 0 Å². The zero-order valence-electron chi connectivity index (χ0n) is 12.4. The number of pyridine rings is 1. The molecule has 0 spiro atoms. The van der Waals surface area contributed by atoms with Gasteiger partial charge in [0.25, 0.3) is 0 Å². The number of ether oxygens (including phenoxy) is 1. The highest BCUT2D eigenvalue weighted by molar-refractivity contribution is 5.49. The molecule has 0 radical (unpaired) electrons. The van der Waals surface area contributed by atoms with Crippen LogP contribution in [0.15, 0.2) is 18.3 Å². The van der Waals surface area contributed by atoms with Crippen LogP contribution >= 0.6 is 0 Å². The van der Waals surface area contributed by atoms with Crippen LogP contribution in [0.4, 0.5) is 5.82 Å². The molecular formula is C15H26N4O. The molecule has 0 unspecified atom stereocenters. The van der Waals surface area contributed by atoms with Crippen molar-refractivity contribution in [1.29, 1.82) is 0 Å². The van der Waals surface area contributed by atoms with E-state index in [1.807, 2.05) is 12.1 Å². The standard InChI is InChI=1S/C15H26N4O/c1-2-13-20-14-5-3-6-17-15(14)18-7-4-10-19-11-8-16-9-12-19/h3,5-6,16H,2,4,7-13H2,1H3,(H,17,18). The SMILES string of the molecule is CCCOc1cccnc1NCCCN1CCNCC1. The van der Waals surface area contributed by atoms with E-state index in [4.69, 9.17) is 4.74 Å². The molecule has 1 aromatic rings. The number of nitrogens with zero attached hydrogens (tertiary/aromatic N) is 2. The Hall–Kier alpha value is -1.33. The van der Waals surface area contributed by atoms with E-state index in [9.17, 15) is 0 Å². The first-order valence-electron chi connectivity index (χ1n) is 7.65. The Labute approximate surface area is 121 Å². The molecule has 0 aromatic carbocycles. The maximum absolute atomic E-state index is 5.69. The van der Waals surface area contributed by atoms with Crippen LogP contribution in [0.5, 0.6) is 5.75 Å². The monoisotopic (exact) mass is 278 g/mol. The van der Waals surface area contributed by atoms with Gasteiger partial charge in [0.2, 0.25) is 0 Å². The molecule has 0 aliphatic carbocycles. The van der Waals surface area contributed by atoms with E-state index in [-0.39, 0.29) is 0 Å². The smallest absolute Gasteiger partial charge is 0.168 e. The molecule has 1 aliphatic heterocycles. The second-order valence-electron chi connectivity index (χ2n) is 5.07. The molecular weight excluding hydrogens is 252 g/mol. The third-order valence-electron chi connectivity index (χ3n) is 3.39. The second-order valence-corrected chi connectivity index (χ2v) is 5.07. The Morgan fingerprint density at radius 1 is 1.40 bits per heavy atom. The summed E-state index contributed by atoms with van der Waals surface area (Å²) < 4.78 is 5.69. The zero-order valence-corrected chi connectivity index (χ0v) is 12.4. The van der Waals surface area contributed by atoms with Gasteiger partial charge in [0.1, 0.15) is 0 Å². The highest BCUT2D eigenvalue weighted by atomic mass is 16.5. The first-order valence-corrected chi connectivity index (χ1v) is 7.65. The van der Waals surface area contributed by atoms with Crippen molar-refractivity contribution in [2.45, 2.75) is 19.8 Å². The van der Waals surface area contributed by atoms with Crippen molar-refractivity contribution in [2.24, 2.45) is 0 Å². The number of anilines is 1. The van der Waals surface area contributed by atoms with E-state index in [1.165, 1.54) is 0 Å². The first-order chi connectivity index (χ1) is 9.90. The molecule has 2 rings (SSSR count). The van der Waals surface area contributed by atoms with Crippen molar-refractivity contribution in [3.63, 3.8) is 0 Å². The number of nitrogens with one attached hydrogen (secondary N) is 2. The fourth-order valence-electron chi connectivity index (χ4n) is 2.30. The molecule has 1 fully saturated rings. The maximum atomic E-state index is 5.69. The lowest BCUT2D eigenvalue weighted by Crippen LogP contribution is -2.44. The van der Waals surface area contributed by atoms with Crippen LogP contribution in [0.3, 0.4) is 0 Å². The van der Waals surface area contributed by atoms with Crippen molar-refractivity contribution in [1.82, 2.24) is 15.2 Å². The van der Waals surface area contributed by atoms with Crippen LogP contribution in [0.1, 0.15) is 19.8 Å². The number of hydrogen-bond acceptors (Lipinski definition) is 5. The molecule has 5 nitrogen and oxygen atoms in total. The molecule has 5 heteroatoms. The van der Waals surface area contributed by atoms with E-state index in [1.54, 1.807) is 6.20 Å². The third kappa shape index (κ3) is 4.98. The molecule has 0 atom stereocenters. The van der Waals surface area contributed by atoms with Crippen molar-refractivity contribution in [3.05, 3.63) is 18.3 Å². The molecule has 1 aliphatic rings. The molecule has 0 saturated carbocycles. The first kappa shape index (κ1) is 15.1. The average Bonchev–Trinajstić information content (AvgIpc) is 2.51. The van der Waals surface area contributed by atoms with Gasteiger partial charge in [-0.2, -0.15) is 0 Å². The van der Waals surface area contributed by atoms with Gasteiger partial charge in [-0.15, -0.1) is 0 Å². The molecule has 2 N–H and O–H groups in total. The van der Waals surface area contributed by atoms with E-state index in [2.05, 4.69) is 27.4 Å². The van der Waals surface area contributed by atoms with Gasteiger partial charge >= 0.3 is 0 Å². The maximum Gasteiger partial charge on any atom is 0.168 e. The van der Waals surface area contributed by atoms with Crippen LogP contribution in [0.25, 0.3) is 0 Å². The Kier molecular flexibility index (Phi) is 6.60. The molecule has 0 bridgehead atoms. The van der Waals surface area contributed by atoms with Crippen LogP contribution < -0.4 is 15.4 Å². The minimum atomic E-state index is 0.737. The summed E-state index contributed by atoms with van der Waals surface area (Å²) in [6.07, 6.45) is 3.94. The predicted molar refractivity (Wildman–Crippen MR) is 82.4 cm³/mol. The lowest BCUT2D eigenvalue weighted by Gasteiger charge is -2.27. The Balaban J connectivity index is 1.70. The predicted octanol–water partition coefficient (Wildman–Crippen LogP) is 1.58. The lowest BCUT2D eigenvalue weighted by molar-refractivity contribution is 0.240.